The standard InChI is InChI=1S/C47H66N3O13PS/c1-33(2)30-50(65(55,56)40-17-15-38(57-5)16-18-40)31-43(51)42(48-47(53)61-44-32-60-46-41(44)22-27-59-46)29-37-13-11-35(12-14-37)23-28-64(54,63-39-9-7-6-8-10-39)62-34(3)45(52)58-26-21-36-19-24-49(4)25-20-36/h6-18,33-34,36,41-44,46,51H,19-32H2,1-5H3,(H,48,53)/t34-,41-,42-,43+,44-,46+,64?/m0/s1. The molecule has 3 saturated heterocycles. The maximum Gasteiger partial charge on any atom is 0.407 e. The number of esters is 1. The number of nitrogens with one attached hydrogen (secondary N) is 1. The molecule has 3 aromatic carbocycles. The number of fused-ring (bicyclic) bond motifs is 1. The molecule has 0 bridgehead atoms. The molecule has 1 unspecified atom stereocenters. The zero-order chi connectivity index (χ0) is 46.6. The van der Waals surface area contributed by atoms with E-state index >= 15 is 0 Å². The van der Waals surface area contributed by atoms with Gasteiger partial charge in [-0.15, -0.1) is 0 Å². The average molecular weight is 944 g/mol. The zero-order valence-corrected chi connectivity index (χ0v) is 39.8. The summed E-state index contributed by atoms with van der Waals surface area (Å²) in [7, 11) is -4.39. The third-order valence-corrected chi connectivity index (χ3v) is 15.8. The number of aliphatic hydroxyl groups excluding tert-OH is 1. The predicted molar refractivity (Wildman–Crippen MR) is 243 cm³/mol. The van der Waals surface area contributed by atoms with Crippen LogP contribution >= 0.6 is 7.60 Å². The van der Waals surface area contributed by atoms with E-state index in [1.54, 1.807) is 36.4 Å². The van der Waals surface area contributed by atoms with E-state index in [4.69, 9.17) is 32.7 Å². The highest BCUT2D eigenvalue weighted by Gasteiger charge is 2.44. The number of amides is 1. The van der Waals surface area contributed by atoms with E-state index in [0.717, 1.165) is 43.5 Å². The van der Waals surface area contributed by atoms with Crippen molar-refractivity contribution < 1.29 is 60.4 Å². The van der Waals surface area contributed by atoms with Gasteiger partial charge in [0, 0.05) is 13.1 Å². The molecule has 16 nitrogen and oxygen atoms in total. The fraction of sp³-hybridized carbons (Fsp3) is 0.574. The minimum Gasteiger partial charge on any atom is -0.497 e. The number of rotatable bonds is 23. The number of benzene rings is 3. The summed E-state index contributed by atoms with van der Waals surface area (Å²) in [4.78, 5) is 28.8. The highest BCUT2D eigenvalue weighted by Crippen LogP contribution is 2.50. The Morgan fingerprint density at radius 3 is 2.29 bits per heavy atom. The molecule has 18 heteroatoms. The van der Waals surface area contributed by atoms with E-state index in [-0.39, 0.29) is 62.0 Å². The maximum absolute atomic E-state index is 14.3. The molecule has 3 fully saturated rings. The smallest absolute Gasteiger partial charge is 0.407 e. The van der Waals surface area contributed by atoms with E-state index < -0.39 is 60.3 Å². The van der Waals surface area contributed by atoms with Crippen LogP contribution in [0.25, 0.3) is 0 Å². The van der Waals surface area contributed by atoms with Crippen molar-refractivity contribution in [2.45, 2.75) is 94.8 Å². The van der Waals surface area contributed by atoms with Gasteiger partial charge in [0.2, 0.25) is 10.0 Å². The first kappa shape index (κ1) is 50.4. The Kier molecular flexibility index (Phi) is 18.3. The minimum absolute atomic E-state index is 0.0390. The molecule has 0 aliphatic carbocycles. The van der Waals surface area contributed by atoms with Crippen LogP contribution in [0, 0.1) is 17.8 Å². The summed E-state index contributed by atoms with van der Waals surface area (Å²) in [5.41, 5.74) is 1.51. The number of ether oxygens (including phenoxy) is 5. The van der Waals surface area contributed by atoms with Gasteiger partial charge in [-0.1, -0.05) is 56.3 Å². The molecule has 0 radical (unpaired) electrons. The monoisotopic (exact) mass is 943 g/mol. The van der Waals surface area contributed by atoms with Crippen LogP contribution in [0.1, 0.15) is 57.6 Å². The number of hydrogen-bond donors (Lipinski definition) is 2. The molecule has 7 atom stereocenters. The van der Waals surface area contributed by atoms with Crippen molar-refractivity contribution in [1.82, 2.24) is 14.5 Å². The molecule has 65 heavy (non-hydrogen) atoms. The number of likely N-dealkylation sites (tertiary alicyclic amines) is 1. The van der Waals surface area contributed by atoms with Crippen molar-refractivity contribution in [3.63, 3.8) is 0 Å². The van der Waals surface area contributed by atoms with Crippen LogP contribution in [0.5, 0.6) is 11.5 Å². The lowest BCUT2D eigenvalue weighted by molar-refractivity contribution is -0.151. The SMILES string of the molecule is COc1ccc(S(=O)(=O)N(CC(C)C)C[C@@H](O)[C@H](Cc2ccc(CCP(=O)(Oc3ccccc3)O[C@@H](C)C(=O)OCCC3CCN(C)CC3)cc2)NC(=O)O[C@H]2CO[C@H]3OCC[C@H]32)cc1. The summed E-state index contributed by atoms with van der Waals surface area (Å²) < 4.78 is 83.2. The van der Waals surface area contributed by atoms with Gasteiger partial charge in [0.1, 0.15) is 17.6 Å². The van der Waals surface area contributed by atoms with Crippen molar-refractivity contribution >= 4 is 29.7 Å². The van der Waals surface area contributed by atoms with Gasteiger partial charge >= 0.3 is 19.7 Å². The van der Waals surface area contributed by atoms with Gasteiger partial charge < -0.3 is 43.5 Å². The Labute approximate surface area is 383 Å². The molecule has 1 amide bonds. The quantitative estimate of drug-likeness (QED) is 0.0797. The van der Waals surface area contributed by atoms with Crippen molar-refractivity contribution in [2.75, 3.05) is 66.3 Å². The van der Waals surface area contributed by atoms with E-state index in [9.17, 15) is 27.7 Å². The van der Waals surface area contributed by atoms with Gasteiger partial charge in [-0.05, 0) is 125 Å². The number of aryl methyl sites for hydroxylation is 1. The first-order chi connectivity index (χ1) is 31.1. The number of sulfonamides is 1. The van der Waals surface area contributed by atoms with Gasteiger partial charge in [-0.3, -0.25) is 4.52 Å². The average Bonchev–Trinajstić information content (AvgIpc) is 3.91. The fourth-order valence-electron chi connectivity index (χ4n) is 8.27. The third-order valence-electron chi connectivity index (χ3n) is 12.1. The summed E-state index contributed by atoms with van der Waals surface area (Å²) in [6.45, 7) is 8.05. The summed E-state index contributed by atoms with van der Waals surface area (Å²) in [5.74, 6) is 0.526. The molecule has 2 N–H and O–H groups in total. The maximum atomic E-state index is 14.3. The van der Waals surface area contributed by atoms with Crippen LogP contribution in [-0.2, 0) is 55.7 Å². The van der Waals surface area contributed by atoms with E-state index in [1.807, 2.05) is 44.2 Å². The van der Waals surface area contributed by atoms with Crippen molar-refractivity contribution in [3.05, 3.63) is 90.0 Å². The lowest BCUT2D eigenvalue weighted by Gasteiger charge is -2.31. The Morgan fingerprint density at radius 2 is 1.62 bits per heavy atom. The van der Waals surface area contributed by atoms with Crippen molar-refractivity contribution in [1.29, 1.82) is 0 Å². The van der Waals surface area contributed by atoms with Crippen LogP contribution < -0.4 is 14.6 Å². The fourth-order valence-corrected chi connectivity index (χ4v) is 11.7. The normalized spacial score (nSPS) is 21.6. The number of carbonyl (C=O) groups excluding carboxylic acids is 2. The third kappa shape index (κ3) is 14.7. The van der Waals surface area contributed by atoms with Crippen LogP contribution in [0.15, 0.2) is 83.8 Å². The Hall–Kier alpha value is -4.06. The van der Waals surface area contributed by atoms with Gasteiger partial charge in [-0.25, -0.2) is 22.6 Å². The number of aliphatic hydroxyl groups is 1. The topological polar surface area (TPSA) is 189 Å². The summed E-state index contributed by atoms with van der Waals surface area (Å²) in [6.07, 6.45) is -0.370. The van der Waals surface area contributed by atoms with E-state index in [1.165, 1.54) is 30.5 Å². The number of hydrogen-bond acceptors (Lipinski definition) is 14. The lowest BCUT2D eigenvalue weighted by atomic mass is 9.94. The molecule has 3 heterocycles. The molecular formula is C47H66N3O13PS. The van der Waals surface area contributed by atoms with Gasteiger partial charge in [0.25, 0.3) is 0 Å². The van der Waals surface area contributed by atoms with Gasteiger partial charge in [-0.2, -0.15) is 4.31 Å². The molecule has 0 saturated carbocycles. The Balaban J connectivity index is 1.13. The van der Waals surface area contributed by atoms with Gasteiger partial charge in [0.15, 0.2) is 12.4 Å². The molecule has 3 aliphatic heterocycles. The number of nitrogens with zero attached hydrogens (tertiary/aromatic N) is 2. The van der Waals surface area contributed by atoms with Crippen LogP contribution in [-0.4, -0.2) is 132 Å². The predicted octanol–water partition coefficient (Wildman–Crippen LogP) is 6.30. The zero-order valence-electron chi connectivity index (χ0n) is 38.1. The molecule has 3 aromatic rings. The molecule has 6 rings (SSSR count). The van der Waals surface area contributed by atoms with Crippen molar-refractivity contribution in [3.8, 4) is 11.5 Å². The Morgan fingerprint density at radius 1 is 0.923 bits per heavy atom. The van der Waals surface area contributed by atoms with Crippen molar-refractivity contribution in [2.24, 2.45) is 17.8 Å². The molecule has 0 spiro atoms. The molecular weight excluding hydrogens is 878 g/mol. The summed E-state index contributed by atoms with van der Waals surface area (Å²) in [5, 5.41) is 14.7. The summed E-state index contributed by atoms with van der Waals surface area (Å²) >= 11 is 0. The second kappa shape index (κ2) is 23.6. The van der Waals surface area contributed by atoms with Gasteiger partial charge in [0.05, 0.1) is 56.1 Å². The van der Waals surface area contributed by atoms with Crippen LogP contribution in [0.2, 0.25) is 0 Å². The number of para-hydroxylation sites is 1. The molecule has 358 valence electrons. The highest BCUT2D eigenvalue weighted by atomic mass is 32.2. The molecule has 0 aromatic heterocycles. The van der Waals surface area contributed by atoms with E-state index in [2.05, 4.69) is 17.3 Å². The first-order valence-corrected chi connectivity index (χ1v) is 25.8. The summed E-state index contributed by atoms with van der Waals surface area (Å²) in [6, 6.07) is 21.0. The first-order valence-electron chi connectivity index (χ1n) is 22.6. The lowest BCUT2D eigenvalue weighted by Crippen LogP contribution is -2.51. The minimum atomic E-state index is -4.07. The van der Waals surface area contributed by atoms with Crippen LogP contribution in [0.4, 0.5) is 4.79 Å². The second-order valence-electron chi connectivity index (χ2n) is 17.6. The van der Waals surface area contributed by atoms with E-state index in [0.29, 0.717) is 30.4 Å². The van der Waals surface area contributed by atoms with Crippen LogP contribution in [0.3, 0.4) is 0 Å². The number of methoxy groups -OCH3 is 1. The highest BCUT2D eigenvalue weighted by molar-refractivity contribution is 7.89. The largest absolute Gasteiger partial charge is 0.497 e. The number of carbonyl (C=O) groups is 2. The molecule has 3 aliphatic rings. The number of alkyl carbamates (subject to hydrolysis) is 1. The second-order valence-corrected chi connectivity index (χ2v) is 21.6. The number of piperidine rings is 1. The Bertz CT molecular complexity index is 2120.